The second-order valence-corrected chi connectivity index (χ2v) is 7.58. The Balaban J connectivity index is 1.57. The maximum Gasteiger partial charge on any atom is 0.0982 e. The van der Waals surface area contributed by atoms with E-state index in [1.807, 2.05) is 0 Å². The van der Waals surface area contributed by atoms with Gasteiger partial charge in [-0.25, -0.2) is 0 Å². The van der Waals surface area contributed by atoms with Crippen LogP contribution in [0.5, 0.6) is 0 Å². The fourth-order valence-corrected chi connectivity index (χ4v) is 4.39. The maximum absolute atomic E-state index is 6.50. The van der Waals surface area contributed by atoms with Gasteiger partial charge in [0.2, 0.25) is 0 Å². The lowest BCUT2D eigenvalue weighted by atomic mass is 9.78. The minimum absolute atomic E-state index is 0.436. The van der Waals surface area contributed by atoms with Gasteiger partial charge in [0.25, 0.3) is 0 Å². The van der Waals surface area contributed by atoms with Crippen LogP contribution in [0.1, 0.15) is 67.9 Å². The second kappa shape index (κ2) is 7.91. The van der Waals surface area contributed by atoms with E-state index < -0.39 is 0 Å². The minimum Gasteiger partial charge on any atom is -0.495 e. The average molecular weight is 332 g/mol. The highest BCUT2D eigenvalue weighted by atomic mass is 16.5. The molecular weight excluding hydrogens is 304 g/mol. The smallest absolute Gasteiger partial charge is 0.0982 e. The first-order valence-electron chi connectivity index (χ1n) is 9.86. The molecule has 0 N–H and O–H groups in total. The number of ether oxygens (including phenoxy) is 1. The van der Waals surface area contributed by atoms with Gasteiger partial charge in [-0.1, -0.05) is 67.1 Å². The van der Waals surface area contributed by atoms with Gasteiger partial charge >= 0.3 is 0 Å². The summed E-state index contributed by atoms with van der Waals surface area (Å²) in [7, 11) is 0. The Kier molecular flexibility index (Phi) is 5.20. The molecule has 2 aliphatic carbocycles. The van der Waals surface area contributed by atoms with Crippen LogP contribution < -0.4 is 0 Å². The first kappa shape index (κ1) is 16.4. The number of hydrogen-bond donors (Lipinski definition) is 0. The molecule has 2 aromatic rings. The molecular formula is C24H28O. The maximum atomic E-state index is 6.50. The van der Waals surface area contributed by atoms with Crippen molar-refractivity contribution in [3.8, 4) is 0 Å². The van der Waals surface area contributed by atoms with E-state index in [-0.39, 0.29) is 0 Å². The number of hydrogen-bond acceptors (Lipinski definition) is 1. The Labute approximate surface area is 151 Å². The molecule has 2 aromatic carbocycles. The third kappa shape index (κ3) is 4.15. The van der Waals surface area contributed by atoms with E-state index >= 15 is 0 Å². The zero-order valence-corrected chi connectivity index (χ0v) is 14.9. The molecule has 25 heavy (non-hydrogen) atoms. The van der Waals surface area contributed by atoms with Crippen LogP contribution in [0.2, 0.25) is 0 Å². The average Bonchev–Trinajstić information content (AvgIpc) is 2.70. The summed E-state index contributed by atoms with van der Waals surface area (Å²) in [5.41, 5.74) is 2.86. The predicted octanol–water partition coefficient (Wildman–Crippen LogP) is 6.58. The molecule has 1 fully saturated rings. The Morgan fingerprint density at radius 3 is 2.04 bits per heavy atom. The van der Waals surface area contributed by atoms with Crippen molar-refractivity contribution in [2.45, 2.75) is 62.9 Å². The molecule has 0 radical (unpaired) electrons. The van der Waals surface area contributed by atoms with E-state index in [1.165, 1.54) is 55.4 Å². The van der Waals surface area contributed by atoms with Crippen LogP contribution in [0, 0.1) is 0 Å². The summed E-state index contributed by atoms with van der Waals surface area (Å²) >= 11 is 0. The highest BCUT2D eigenvalue weighted by Crippen LogP contribution is 2.41. The van der Waals surface area contributed by atoms with Crippen LogP contribution >= 0.6 is 0 Å². The second-order valence-electron chi connectivity index (χ2n) is 7.58. The molecule has 4 rings (SSSR count). The first-order valence-corrected chi connectivity index (χ1v) is 9.86. The van der Waals surface area contributed by atoms with Crippen molar-refractivity contribution in [2.75, 3.05) is 0 Å². The highest BCUT2D eigenvalue weighted by Gasteiger charge is 2.27. The zero-order valence-electron chi connectivity index (χ0n) is 14.9. The van der Waals surface area contributed by atoms with E-state index in [2.05, 4.69) is 66.7 Å². The van der Waals surface area contributed by atoms with Gasteiger partial charge < -0.3 is 4.74 Å². The molecule has 2 atom stereocenters. The lowest BCUT2D eigenvalue weighted by Gasteiger charge is -2.32. The van der Waals surface area contributed by atoms with E-state index in [4.69, 9.17) is 4.74 Å². The van der Waals surface area contributed by atoms with Crippen molar-refractivity contribution in [1.82, 2.24) is 0 Å². The predicted molar refractivity (Wildman–Crippen MR) is 104 cm³/mol. The third-order valence-electron chi connectivity index (χ3n) is 5.74. The van der Waals surface area contributed by atoms with Crippen molar-refractivity contribution in [3.63, 3.8) is 0 Å². The largest absolute Gasteiger partial charge is 0.495 e. The molecule has 1 nitrogen and oxygen atoms in total. The SMILES string of the molecule is C1=C(OC2CCCCC2)CC(c2ccccc2)CC1c1ccccc1. The van der Waals surface area contributed by atoms with Crippen LogP contribution in [-0.2, 0) is 4.74 Å². The molecule has 0 aromatic heterocycles. The van der Waals surface area contributed by atoms with E-state index in [1.54, 1.807) is 0 Å². The molecule has 1 saturated carbocycles. The quantitative estimate of drug-likeness (QED) is 0.614. The van der Waals surface area contributed by atoms with Crippen LogP contribution in [0.15, 0.2) is 72.5 Å². The Morgan fingerprint density at radius 1 is 0.720 bits per heavy atom. The van der Waals surface area contributed by atoms with Gasteiger partial charge in [-0.05, 0) is 55.2 Å². The molecule has 130 valence electrons. The number of benzene rings is 2. The summed E-state index contributed by atoms with van der Waals surface area (Å²) in [6.45, 7) is 0. The lowest BCUT2D eigenvalue weighted by molar-refractivity contribution is 0.0711. The highest BCUT2D eigenvalue weighted by molar-refractivity contribution is 5.31. The summed E-state index contributed by atoms with van der Waals surface area (Å²) < 4.78 is 6.50. The van der Waals surface area contributed by atoms with Gasteiger partial charge in [-0.2, -0.15) is 0 Å². The van der Waals surface area contributed by atoms with E-state index in [0.29, 0.717) is 17.9 Å². The first-order chi connectivity index (χ1) is 12.4. The van der Waals surface area contributed by atoms with Gasteiger partial charge in [-0.3, -0.25) is 0 Å². The van der Waals surface area contributed by atoms with Gasteiger partial charge in [-0.15, -0.1) is 0 Å². The van der Waals surface area contributed by atoms with E-state index in [0.717, 1.165) is 6.42 Å². The molecule has 0 heterocycles. The molecule has 2 aliphatic rings. The summed E-state index contributed by atoms with van der Waals surface area (Å²) in [6.07, 6.45) is 11.5. The molecule has 0 spiro atoms. The fourth-order valence-electron chi connectivity index (χ4n) is 4.39. The molecule has 0 bridgehead atoms. The van der Waals surface area contributed by atoms with Gasteiger partial charge in [0.1, 0.15) is 0 Å². The Bertz CT molecular complexity index is 683. The minimum atomic E-state index is 0.436. The molecule has 0 aliphatic heterocycles. The van der Waals surface area contributed by atoms with Crippen LogP contribution in [0.3, 0.4) is 0 Å². The summed E-state index contributed by atoms with van der Waals surface area (Å²) in [6, 6.07) is 21.9. The molecule has 0 amide bonds. The normalized spacial score (nSPS) is 24.6. The van der Waals surface area contributed by atoms with Gasteiger partial charge in [0.15, 0.2) is 0 Å². The lowest BCUT2D eigenvalue weighted by Crippen LogP contribution is -2.20. The standard InChI is InChI=1S/C24H28O/c1-4-10-19(11-5-1)21-16-22(20-12-6-2-7-13-20)18-24(17-21)25-23-14-8-3-9-15-23/h1-2,4-7,10-13,17,21-23H,3,8-9,14-16,18H2. The molecule has 1 heteroatoms. The molecule has 0 saturated heterocycles. The monoisotopic (exact) mass is 332 g/mol. The Morgan fingerprint density at radius 2 is 1.36 bits per heavy atom. The molecule has 2 unspecified atom stereocenters. The van der Waals surface area contributed by atoms with Crippen LogP contribution in [0.25, 0.3) is 0 Å². The van der Waals surface area contributed by atoms with Crippen molar-refractivity contribution >= 4 is 0 Å². The topological polar surface area (TPSA) is 9.23 Å². The van der Waals surface area contributed by atoms with Crippen molar-refractivity contribution in [1.29, 1.82) is 0 Å². The summed E-state index contributed by atoms with van der Waals surface area (Å²) in [4.78, 5) is 0. The van der Waals surface area contributed by atoms with Crippen LogP contribution in [-0.4, -0.2) is 6.10 Å². The Hall–Kier alpha value is -2.02. The van der Waals surface area contributed by atoms with Gasteiger partial charge in [0.05, 0.1) is 11.9 Å². The summed E-state index contributed by atoms with van der Waals surface area (Å²) in [5.74, 6) is 2.23. The number of rotatable bonds is 4. The third-order valence-corrected chi connectivity index (χ3v) is 5.74. The van der Waals surface area contributed by atoms with Crippen molar-refractivity contribution in [3.05, 3.63) is 83.6 Å². The zero-order chi connectivity index (χ0) is 16.9. The fraction of sp³-hybridized carbons (Fsp3) is 0.417. The number of allylic oxidation sites excluding steroid dienone is 2. The van der Waals surface area contributed by atoms with Crippen molar-refractivity contribution in [2.24, 2.45) is 0 Å². The van der Waals surface area contributed by atoms with Crippen LogP contribution in [0.4, 0.5) is 0 Å². The summed E-state index contributed by atoms with van der Waals surface area (Å²) in [5, 5.41) is 0. The van der Waals surface area contributed by atoms with Gasteiger partial charge in [0, 0.05) is 12.3 Å². The van der Waals surface area contributed by atoms with E-state index in [9.17, 15) is 0 Å². The van der Waals surface area contributed by atoms with Crippen molar-refractivity contribution < 1.29 is 4.74 Å².